The number of hydrogen-bond acceptors (Lipinski definition) is 5. The van der Waals surface area contributed by atoms with Crippen molar-refractivity contribution in [2.75, 3.05) is 0 Å². The molecule has 0 N–H and O–H groups in total. The van der Waals surface area contributed by atoms with Crippen LogP contribution in [0.2, 0.25) is 0 Å². The van der Waals surface area contributed by atoms with E-state index in [0.717, 1.165) is 21.3 Å². The van der Waals surface area contributed by atoms with Crippen LogP contribution in [0.1, 0.15) is 5.69 Å². The Morgan fingerprint density at radius 1 is 1.00 bits per heavy atom. The van der Waals surface area contributed by atoms with Crippen molar-refractivity contribution in [1.82, 2.24) is 29.4 Å². The normalized spacial score (nSPS) is 11.4. The third-order valence-electron chi connectivity index (χ3n) is 4.58. The molecule has 0 aliphatic rings. The third-order valence-corrected chi connectivity index (χ3v) is 5.11. The highest BCUT2D eigenvalue weighted by atomic mass is 79.9. The van der Waals surface area contributed by atoms with E-state index < -0.39 is 0 Å². The number of benzene rings is 1. The number of fused-ring (bicyclic) bond motifs is 3. The Morgan fingerprint density at radius 3 is 2.57 bits per heavy atom. The van der Waals surface area contributed by atoms with Gasteiger partial charge in [0.05, 0.1) is 11.3 Å². The van der Waals surface area contributed by atoms with Gasteiger partial charge in [0, 0.05) is 16.9 Å². The van der Waals surface area contributed by atoms with Crippen LogP contribution in [0.4, 0.5) is 0 Å². The van der Waals surface area contributed by atoms with Gasteiger partial charge in [-0.2, -0.15) is 5.10 Å². The second-order valence-corrected chi connectivity index (χ2v) is 7.23. The Balaban J connectivity index is 1.78. The fraction of sp³-hybridized carbons (Fsp3) is 0.0500. The quantitative estimate of drug-likeness (QED) is 0.426. The van der Waals surface area contributed by atoms with E-state index in [4.69, 9.17) is 0 Å². The Kier molecular flexibility index (Phi) is 3.80. The molecule has 5 aromatic rings. The first-order valence-electron chi connectivity index (χ1n) is 8.58. The summed E-state index contributed by atoms with van der Waals surface area (Å²) in [6, 6.07) is 15.1. The molecule has 0 aliphatic carbocycles. The van der Waals surface area contributed by atoms with Gasteiger partial charge in [-0.1, -0.05) is 34.1 Å². The van der Waals surface area contributed by atoms with E-state index in [-0.39, 0.29) is 11.1 Å². The largest absolute Gasteiger partial charge is 0.286 e. The van der Waals surface area contributed by atoms with Crippen LogP contribution in [0.3, 0.4) is 0 Å². The maximum atomic E-state index is 12.9. The average molecular weight is 433 g/mol. The first-order chi connectivity index (χ1) is 13.6. The summed E-state index contributed by atoms with van der Waals surface area (Å²) in [6.07, 6.45) is 3.33. The van der Waals surface area contributed by atoms with Gasteiger partial charge in [0.2, 0.25) is 0 Å². The van der Waals surface area contributed by atoms with Gasteiger partial charge >= 0.3 is 0 Å². The molecule has 0 saturated carbocycles. The summed E-state index contributed by atoms with van der Waals surface area (Å²) in [7, 11) is 0. The monoisotopic (exact) mass is 432 g/mol. The zero-order valence-electron chi connectivity index (χ0n) is 14.7. The van der Waals surface area contributed by atoms with Crippen molar-refractivity contribution in [3.63, 3.8) is 0 Å². The van der Waals surface area contributed by atoms with Crippen molar-refractivity contribution < 1.29 is 0 Å². The molecule has 28 heavy (non-hydrogen) atoms. The first-order valence-corrected chi connectivity index (χ1v) is 9.37. The lowest BCUT2D eigenvalue weighted by Gasteiger charge is -2.06. The van der Waals surface area contributed by atoms with Crippen LogP contribution >= 0.6 is 15.9 Å². The van der Waals surface area contributed by atoms with E-state index in [1.807, 2.05) is 43.3 Å². The highest BCUT2D eigenvalue weighted by Gasteiger charge is 2.17. The van der Waals surface area contributed by atoms with E-state index >= 15 is 0 Å². The van der Waals surface area contributed by atoms with Crippen molar-refractivity contribution in [3.05, 3.63) is 81.4 Å². The number of aromatic nitrogens is 6. The highest BCUT2D eigenvalue weighted by Crippen LogP contribution is 2.29. The number of nitrogens with zero attached hydrogens (tertiary/aromatic N) is 6. The van der Waals surface area contributed by atoms with E-state index in [1.165, 1.54) is 4.57 Å². The fourth-order valence-electron chi connectivity index (χ4n) is 3.28. The summed E-state index contributed by atoms with van der Waals surface area (Å²) in [5, 5.41) is 13.2. The Labute approximate surface area is 167 Å². The second-order valence-electron chi connectivity index (χ2n) is 6.32. The van der Waals surface area contributed by atoms with Gasteiger partial charge in [-0.05, 0) is 42.8 Å². The van der Waals surface area contributed by atoms with Crippen LogP contribution < -0.4 is 5.56 Å². The third kappa shape index (κ3) is 2.53. The molecule has 5 rings (SSSR count). The maximum Gasteiger partial charge on any atom is 0.286 e. The molecule has 8 heteroatoms. The van der Waals surface area contributed by atoms with Gasteiger partial charge in [-0.3, -0.25) is 9.36 Å². The summed E-state index contributed by atoms with van der Waals surface area (Å²) in [6.45, 7) is 1.92. The Morgan fingerprint density at radius 2 is 1.82 bits per heavy atom. The van der Waals surface area contributed by atoms with E-state index in [1.54, 1.807) is 29.0 Å². The van der Waals surface area contributed by atoms with Crippen LogP contribution in [0.15, 0.2) is 70.2 Å². The SMILES string of the molecule is Cc1nn2c(nnc3c(=O)n(-c4ccccn4)ccc32)c1-c1ccc(Br)cc1. The number of rotatable bonds is 2. The smallest absolute Gasteiger partial charge is 0.266 e. The zero-order valence-corrected chi connectivity index (χ0v) is 16.3. The minimum Gasteiger partial charge on any atom is -0.266 e. The van der Waals surface area contributed by atoms with E-state index in [0.29, 0.717) is 17.0 Å². The van der Waals surface area contributed by atoms with Gasteiger partial charge in [-0.25, -0.2) is 9.50 Å². The molecule has 0 bridgehead atoms. The molecule has 0 amide bonds. The molecule has 0 aliphatic heterocycles. The minimum absolute atomic E-state index is 0.241. The van der Waals surface area contributed by atoms with E-state index in [9.17, 15) is 4.79 Å². The van der Waals surface area contributed by atoms with Gasteiger partial charge in [0.15, 0.2) is 11.2 Å². The molecular weight excluding hydrogens is 420 g/mol. The van der Waals surface area contributed by atoms with Crippen LogP contribution in [0.25, 0.3) is 33.6 Å². The zero-order chi connectivity index (χ0) is 19.3. The molecule has 0 saturated heterocycles. The van der Waals surface area contributed by atoms with E-state index in [2.05, 4.69) is 36.2 Å². The van der Waals surface area contributed by atoms with Crippen molar-refractivity contribution in [1.29, 1.82) is 0 Å². The molecule has 0 spiro atoms. The average Bonchev–Trinajstić information content (AvgIpc) is 3.06. The predicted octanol–water partition coefficient (Wildman–Crippen LogP) is 3.56. The van der Waals surface area contributed by atoms with Crippen LogP contribution in [-0.2, 0) is 0 Å². The van der Waals surface area contributed by atoms with Crippen LogP contribution in [-0.4, -0.2) is 29.4 Å². The molecule has 7 nitrogen and oxygen atoms in total. The predicted molar refractivity (Wildman–Crippen MR) is 110 cm³/mol. The summed E-state index contributed by atoms with van der Waals surface area (Å²) in [5.41, 5.74) is 3.88. The van der Waals surface area contributed by atoms with Gasteiger partial charge < -0.3 is 0 Å². The van der Waals surface area contributed by atoms with Crippen molar-refractivity contribution in [2.24, 2.45) is 0 Å². The summed E-state index contributed by atoms with van der Waals surface area (Å²) in [4.78, 5) is 17.2. The molecular formula is C20H13BrN6O. The molecule has 0 atom stereocenters. The fourth-order valence-corrected chi connectivity index (χ4v) is 3.55. The second kappa shape index (κ2) is 6.35. The van der Waals surface area contributed by atoms with Crippen LogP contribution in [0, 0.1) is 6.92 Å². The standard InChI is InChI=1S/C20H13BrN6O/c1-12-17(13-5-7-14(21)8-6-13)19-24-23-18-15(27(19)25-12)9-11-26(20(18)28)16-4-2-3-10-22-16/h2-11H,1H3. The lowest BCUT2D eigenvalue weighted by atomic mass is 10.1. The maximum absolute atomic E-state index is 12.9. The summed E-state index contributed by atoms with van der Waals surface area (Å²) >= 11 is 3.45. The lowest BCUT2D eigenvalue weighted by molar-refractivity contribution is 0.895. The Hall–Kier alpha value is -3.39. The molecule has 4 aromatic heterocycles. The number of aryl methyl sites for hydroxylation is 1. The summed E-state index contributed by atoms with van der Waals surface area (Å²) < 4.78 is 4.13. The Bertz CT molecular complexity index is 1390. The van der Waals surface area contributed by atoms with Gasteiger partial charge in [0.25, 0.3) is 5.56 Å². The molecule has 136 valence electrons. The molecule has 0 unspecified atom stereocenters. The lowest BCUT2D eigenvalue weighted by Crippen LogP contribution is -2.20. The molecule has 4 heterocycles. The molecule has 0 fully saturated rings. The van der Waals surface area contributed by atoms with Crippen molar-refractivity contribution >= 4 is 32.6 Å². The molecule has 0 radical (unpaired) electrons. The number of halogens is 1. The number of pyridine rings is 2. The van der Waals surface area contributed by atoms with Crippen molar-refractivity contribution in [3.8, 4) is 16.9 Å². The van der Waals surface area contributed by atoms with Gasteiger partial charge in [-0.15, -0.1) is 10.2 Å². The minimum atomic E-state index is -0.288. The topological polar surface area (TPSA) is 78.0 Å². The molecule has 1 aromatic carbocycles. The highest BCUT2D eigenvalue weighted by molar-refractivity contribution is 9.10. The number of hydrogen-bond donors (Lipinski definition) is 0. The van der Waals surface area contributed by atoms with Gasteiger partial charge in [0.1, 0.15) is 11.3 Å². The van der Waals surface area contributed by atoms with Crippen LogP contribution in [0.5, 0.6) is 0 Å². The van der Waals surface area contributed by atoms with Crippen molar-refractivity contribution in [2.45, 2.75) is 6.92 Å². The first kappa shape index (κ1) is 16.8. The summed E-state index contributed by atoms with van der Waals surface area (Å²) in [5.74, 6) is 0.531.